The Labute approximate surface area is 223 Å². The van der Waals surface area contributed by atoms with Crippen LogP contribution in [0.4, 0.5) is 15.8 Å². The number of rotatable bonds is 4. The number of benzene rings is 3. The van der Waals surface area contributed by atoms with E-state index in [1.807, 2.05) is 37.3 Å². The van der Waals surface area contributed by atoms with Crippen LogP contribution in [0.3, 0.4) is 0 Å². The highest BCUT2D eigenvalue weighted by Crippen LogP contribution is 2.44. The summed E-state index contributed by atoms with van der Waals surface area (Å²) >= 11 is 0. The molecule has 1 unspecified atom stereocenters. The van der Waals surface area contributed by atoms with Crippen LogP contribution in [-0.2, 0) is 15.0 Å². The molecule has 196 valence electrons. The Morgan fingerprint density at radius 3 is 2.18 bits per heavy atom. The summed E-state index contributed by atoms with van der Waals surface area (Å²) in [5.74, 6) is -2.47. The molecule has 1 N–H and O–H groups in total. The van der Waals surface area contributed by atoms with Crippen molar-refractivity contribution in [2.75, 3.05) is 22.9 Å². The molecule has 2 fully saturated rings. The van der Waals surface area contributed by atoms with Crippen LogP contribution >= 0.6 is 0 Å². The monoisotopic (exact) mass is 512 g/mol. The lowest BCUT2D eigenvalue weighted by atomic mass is 9.84. The van der Waals surface area contributed by atoms with E-state index in [2.05, 4.69) is 25.7 Å². The molecule has 2 saturated heterocycles. The van der Waals surface area contributed by atoms with Gasteiger partial charge < -0.3 is 10.0 Å². The third-order valence-electron chi connectivity index (χ3n) is 7.60. The van der Waals surface area contributed by atoms with Crippen molar-refractivity contribution < 1.29 is 19.1 Å². The van der Waals surface area contributed by atoms with Crippen molar-refractivity contribution in [2.45, 2.75) is 52.0 Å². The Kier molecular flexibility index (Phi) is 6.59. The number of nitrogens with zero attached hydrogens (tertiary/aromatic N) is 2. The van der Waals surface area contributed by atoms with Crippen LogP contribution < -0.4 is 9.80 Å². The summed E-state index contributed by atoms with van der Waals surface area (Å²) in [4.78, 5) is 30.6. The number of Topliss-reactive ketones (excluding diaryl/α,β-unsaturated/α-hetero) is 1. The maximum Gasteiger partial charge on any atom is 0.300 e. The first-order valence-electron chi connectivity index (χ1n) is 13.1. The zero-order valence-corrected chi connectivity index (χ0v) is 22.3. The van der Waals surface area contributed by atoms with Gasteiger partial charge in [-0.1, -0.05) is 51.1 Å². The first-order chi connectivity index (χ1) is 18.1. The molecule has 2 heterocycles. The van der Waals surface area contributed by atoms with Crippen molar-refractivity contribution in [3.05, 3.63) is 100 Å². The highest BCUT2D eigenvalue weighted by atomic mass is 19.1. The number of carbonyl (C=O) groups excluding carboxylic acids is 2. The minimum atomic E-state index is -1.11. The fourth-order valence-electron chi connectivity index (χ4n) is 5.38. The second kappa shape index (κ2) is 9.75. The van der Waals surface area contributed by atoms with E-state index in [4.69, 9.17) is 0 Å². The molecular weight excluding hydrogens is 479 g/mol. The van der Waals surface area contributed by atoms with Crippen LogP contribution in [-0.4, -0.2) is 29.9 Å². The lowest BCUT2D eigenvalue weighted by molar-refractivity contribution is -0.132. The van der Waals surface area contributed by atoms with Gasteiger partial charge in [-0.3, -0.25) is 14.5 Å². The quantitative estimate of drug-likeness (QED) is 0.241. The maximum absolute atomic E-state index is 15.2. The van der Waals surface area contributed by atoms with Crippen molar-refractivity contribution in [2.24, 2.45) is 0 Å². The molecule has 2 aliphatic rings. The molecule has 3 aromatic rings. The molecule has 38 heavy (non-hydrogen) atoms. The number of carbonyl (C=O) groups is 2. The van der Waals surface area contributed by atoms with E-state index >= 15 is 4.39 Å². The number of aryl methyl sites for hydroxylation is 1. The SMILES string of the molecule is Cc1ccc(C(C)(C)C)cc1/C(O)=C1\C(=O)C(=O)N(c2ccc(N3CCCC3)cc2)C1c1ccccc1F. The van der Waals surface area contributed by atoms with Crippen LogP contribution in [0, 0.1) is 12.7 Å². The van der Waals surface area contributed by atoms with Crippen molar-refractivity contribution >= 4 is 28.8 Å². The van der Waals surface area contributed by atoms with Gasteiger partial charge in [0.15, 0.2) is 0 Å². The maximum atomic E-state index is 15.2. The highest BCUT2D eigenvalue weighted by Gasteiger charge is 2.48. The summed E-state index contributed by atoms with van der Waals surface area (Å²) in [7, 11) is 0. The average Bonchev–Trinajstić information content (AvgIpc) is 3.51. The van der Waals surface area contributed by atoms with Crippen LogP contribution in [0.5, 0.6) is 0 Å². The average molecular weight is 513 g/mol. The second-order valence-corrected chi connectivity index (χ2v) is 11.2. The largest absolute Gasteiger partial charge is 0.507 e. The fourth-order valence-corrected chi connectivity index (χ4v) is 5.38. The molecule has 3 aromatic carbocycles. The summed E-state index contributed by atoms with van der Waals surface area (Å²) in [6.45, 7) is 9.98. The molecule has 0 aromatic heterocycles. The van der Waals surface area contributed by atoms with Gasteiger partial charge in [-0.2, -0.15) is 0 Å². The fraction of sp³-hybridized carbons (Fsp3) is 0.312. The van der Waals surface area contributed by atoms with E-state index in [1.165, 1.54) is 11.0 Å². The predicted molar refractivity (Wildman–Crippen MR) is 149 cm³/mol. The van der Waals surface area contributed by atoms with E-state index in [1.54, 1.807) is 30.3 Å². The molecule has 2 aliphatic heterocycles. The van der Waals surface area contributed by atoms with Crippen LogP contribution in [0.2, 0.25) is 0 Å². The normalized spacial score (nSPS) is 19.4. The number of aliphatic hydroxyl groups is 1. The predicted octanol–water partition coefficient (Wildman–Crippen LogP) is 6.66. The molecule has 0 bridgehead atoms. The first kappa shape index (κ1) is 25.7. The third kappa shape index (κ3) is 4.49. The molecule has 0 aliphatic carbocycles. The number of anilines is 2. The van der Waals surface area contributed by atoms with E-state index in [-0.39, 0.29) is 22.3 Å². The summed E-state index contributed by atoms with van der Waals surface area (Å²) < 4.78 is 15.2. The minimum Gasteiger partial charge on any atom is -0.507 e. The number of hydrogen-bond acceptors (Lipinski definition) is 4. The highest BCUT2D eigenvalue weighted by molar-refractivity contribution is 6.51. The standard InChI is InChI=1S/C32H33FN2O3/c1-20-11-12-21(32(2,3)4)19-25(20)29(36)27-28(24-9-5-6-10-26(24)33)35(31(38)30(27)37)23-15-13-22(14-16-23)34-17-7-8-18-34/h5-6,9-16,19,28,36H,7-8,17-18H2,1-4H3/b29-27+. The van der Waals surface area contributed by atoms with Gasteiger partial charge in [-0.05, 0) is 72.7 Å². The number of ketones is 1. The lowest BCUT2D eigenvalue weighted by Gasteiger charge is -2.27. The molecule has 6 heteroatoms. The summed E-state index contributed by atoms with van der Waals surface area (Å²) in [6.07, 6.45) is 2.28. The van der Waals surface area contributed by atoms with Gasteiger partial charge in [0.25, 0.3) is 11.7 Å². The molecule has 5 nitrogen and oxygen atoms in total. The van der Waals surface area contributed by atoms with Gasteiger partial charge in [0.2, 0.25) is 0 Å². The summed E-state index contributed by atoms with van der Waals surface area (Å²) in [6, 6.07) is 18.1. The first-order valence-corrected chi connectivity index (χ1v) is 13.1. The topological polar surface area (TPSA) is 60.9 Å². The number of hydrogen-bond donors (Lipinski definition) is 1. The van der Waals surface area contributed by atoms with Crippen molar-refractivity contribution in [1.82, 2.24) is 0 Å². The van der Waals surface area contributed by atoms with E-state index < -0.39 is 23.5 Å². The molecule has 1 amide bonds. The summed E-state index contributed by atoms with van der Waals surface area (Å²) in [5.41, 5.74) is 3.54. The second-order valence-electron chi connectivity index (χ2n) is 11.2. The zero-order valence-electron chi connectivity index (χ0n) is 22.3. The Bertz CT molecular complexity index is 1430. The number of aliphatic hydroxyl groups excluding tert-OH is 1. The van der Waals surface area contributed by atoms with E-state index in [0.29, 0.717) is 11.3 Å². The van der Waals surface area contributed by atoms with Crippen molar-refractivity contribution in [3.63, 3.8) is 0 Å². The molecule has 0 spiro atoms. The molecule has 5 rings (SSSR count). The zero-order chi connectivity index (χ0) is 27.2. The molecule has 0 radical (unpaired) electrons. The van der Waals surface area contributed by atoms with Crippen molar-refractivity contribution in [1.29, 1.82) is 0 Å². The molecular formula is C32H33FN2O3. The van der Waals surface area contributed by atoms with Crippen LogP contribution in [0.1, 0.15) is 61.9 Å². The summed E-state index contributed by atoms with van der Waals surface area (Å²) in [5, 5.41) is 11.6. The Hall–Kier alpha value is -3.93. The van der Waals surface area contributed by atoms with Crippen LogP contribution in [0.15, 0.2) is 72.3 Å². The Morgan fingerprint density at radius 2 is 1.55 bits per heavy atom. The third-order valence-corrected chi connectivity index (χ3v) is 7.60. The smallest absolute Gasteiger partial charge is 0.300 e. The van der Waals surface area contributed by atoms with Gasteiger partial charge in [0, 0.05) is 35.6 Å². The number of halogens is 1. The molecule has 1 atom stereocenters. The Morgan fingerprint density at radius 1 is 0.921 bits per heavy atom. The van der Waals surface area contributed by atoms with Gasteiger partial charge >= 0.3 is 0 Å². The molecule has 0 saturated carbocycles. The van der Waals surface area contributed by atoms with Crippen molar-refractivity contribution in [3.8, 4) is 0 Å². The Balaban J connectivity index is 1.68. The van der Waals surface area contributed by atoms with E-state index in [0.717, 1.165) is 42.7 Å². The van der Waals surface area contributed by atoms with Gasteiger partial charge in [-0.15, -0.1) is 0 Å². The van der Waals surface area contributed by atoms with Crippen LogP contribution in [0.25, 0.3) is 5.76 Å². The van der Waals surface area contributed by atoms with E-state index in [9.17, 15) is 14.7 Å². The van der Waals surface area contributed by atoms with Gasteiger partial charge in [0.05, 0.1) is 11.6 Å². The number of amides is 1. The lowest BCUT2D eigenvalue weighted by Crippen LogP contribution is -2.30. The minimum absolute atomic E-state index is 0.113. The van der Waals surface area contributed by atoms with Gasteiger partial charge in [0.1, 0.15) is 11.6 Å². The van der Waals surface area contributed by atoms with Gasteiger partial charge in [-0.25, -0.2) is 4.39 Å².